The normalized spacial score (nSPS) is 21.4. The molecule has 0 saturated carbocycles. The van der Waals surface area contributed by atoms with E-state index in [-0.39, 0.29) is 17.8 Å². The molecule has 2 aromatic rings. The highest BCUT2D eigenvalue weighted by atomic mass is 35.5. The molecule has 1 aromatic carbocycles. The zero-order valence-electron chi connectivity index (χ0n) is 12.9. The summed E-state index contributed by atoms with van der Waals surface area (Å²) in [6, 6.07) is 10.3. The maximum absolute atomic E-state index is 13.1. The predicted octanol–water partition coefficient (Wildman–Crippen LogP) is 3.70. The zero-order chi connectivity index (χ0) is 16.3. The average molecular weight is 335 g/mol. The number of benzene rings is 1. The number of aromatic nitrogens is 1. The molecule has 2 heterocycles. The monoisotopic (exact) mass is 334 g/mol. The van der Waals surface area contributed by atoms with Crippen molar-refractivity contribution in [2.45, 2.75) is 19.3 Å². The number of aliphatic hydroxyl groups excluding tert-OH is 1. The van der Waals surface area contributed by atoms with Gasteiger partial charge in [0.2, 0.25) is 0 Å². The van der Waals surface area contributed by atoms with E-state index in [9.17, 15) is 9.50 Å². The molecule has 0 amide bonds. The zero-order valence-corrected chi connectivity index (χ0v) is 13.6. The summed E-state index contributed by atoms with van der Waals surface area (Å²) in [7, 11) is 0. The smallest absolute Gasteiger partial charge is 0.128 e. The van der Waals surface area contributed by atoms with E-state index >= 15 is 0 Å². The van der Waals surface area contributed by atoms with Crippen molar-refractivity contribution in [2.75, 3.05) is 24.6 Å². The van der Waals surface area contributed by atoms with Gasteiger partial charge in [0.1, 0.15) is 11.6 Å². The van der Waals surface area contributed by atoms with Crippen molar-refractivity contribution in [2.24, 2.45) is 5.41 Å². The Hall–Kier alpha value is -1.65. The van der Waals surface area contributed by atoms with Crippen LogP contribution in [0.5, 0.6) is 0 Å². The highest BCUT2D eigenvalue weighted by Crippen LogP contribution is 2.35. The fraction of sp³-hybridized carbons (Fsp3) is 0.389. The third kappa shape index (κ3) is 3.82. The molecule has 5 heteroatoms. The van der Waals surface area contributed by atoms with Crippen molar-refractivity contribution >= 4 is 17.4 Å². The molecule has 3 rings (SSSR count). The summed E-state index contributed by atoms with van der Waals surface area (Å²) >= 11 is 5.90. The van der Waals surface area contributed by atoms with Crippen LogP contribution in [-0.2, 0) is 6.42 Å². The number of nitrogens with zero attached hydrogens (tertiary/aromatic N) is 2. The largest absolute Gasteiger partial charge is 0.396 e. The Morgan fingerprint density at radius 1 is 1.22 bits per heavy atom. The molecule has 122 valence electrons. The molecule has 0 radical (unpaired) electrons. The molecular formula is C18H20ClFN2O. The molecule has 0 bridgehead atoms. The Morgan fingerprint density at radius 2 is 2.00 bits per heavy atom. The van der Waals surface area contributed by atoms with Crippen LogP contribution < -0.4 is 4.90 Å². The molecule has 1 aliphatic heterocycles. The topological polar surface area (TPSA) is 36.4 Å². The SMILES string of the molecule is OC[C@]1(Cc2ccc(F)cc2)CCCN(c2ccc(Cl)cn2)C1. The maximum atomic E-state index is 13.1. The van der Waals surface area contributed by atoms with Gasteiger partial charge in [0, 0.05) is 24.7 Å². The van der Waals surface area contributed by atoms with Crippen LogP contribution in [0.4, 0.5) is 10.2 Å². The Kier molecular flexibility index (Phi) is 4.83. The molecule has 1 saturated heterocycles. The second-order valence-corrected chi connectivity index (χ2v) is 6.76. The molecule has 3 nitrogen and oxygen atoms in total. The minimum atomic E-state index is -0.234. The van der Waals surface area contributed by atoms with Crippen LogP contribution in [0.3, 0.4) is 0 Å². The van der Waals surface area contributed by atoms with Crippen molar-refractivity contribution in [1.82, 2.24) is 4.98 Å². The Balaban J connectivity index is 1.78. The van der Waals surface area contributed by atoms with Gasteiger partial charge in [-0.3, -0.25) is 0 Å². The number of pyridine rings is 1. The highest BCUT2D eigenvalue weighted by molar-refractivity contribution is 6.30. The fourth-order valence-corrected chi connectivity index (χ4v) is 3.43. The molecular weight excluding hydrogens is 315 g/mol. The van der Waals surface area contributed by atoms with E-state index in [1.165, 1.54) is 12.1 Å². The first-order chi connectivity index (χ1) is 11.1. The van der Waals surface area contributed by atoms with E-state index in [2.05, 4.69) is 9.88 Å². The summed E-state index contributed by atoms with van der Waals surface area (Å²) in [5.41, 5.74) is 0.823. The van der Waals surface area contributed by atoms with Crippen LogP contribution >= 0.6 is 11.6 Å². The number of rotatable bonds is 4. The number of hydrogen-bond donors (Lipinski definition) is 1. The van der Waals surface area contributed by atoms with Crippen molar-refractivity contribution in [3.05, 3.63) is 59.0 Å². The minimum absolute atomic E-state index is 0.106. The molecule has 1 atom stereocenters. The van der Waals surface area contributed by atoms with Crippen LogP contribution in [0, 0.1) is 11.2 Å². The highest BCUT2D eigenvalue weighted by Gasteiger charge is 2.35. The summed E-state index contributed by atoms with van der Waals surface area (Å²) < 4.78 is 13.1. The first-order valence-electron chi connectivity index (χ1n) is 7.82. The van der Waals surface area contributed by atoms with Crippen LogP contribution in [0.1, 0.15) is 18.4 Å². The molecule has 1 N–H and O–H groups in total. The third-order valence-corrected chi connectivity index (χ3v) is 4.75. The summed E-state index contributed by atoms with van der Waals surface area (Å²) in [5, 5.41) is 10.6. The van der Waals surface area contributed by atoms with E-state index in [1.807, 2.05) is 12.1 Å². The quantitative estimate of drug-likeness (QED) is 0.926. The molecule has 1 aliphatic rings. The number of aliphatic hydroxyl groups is 1. The van der Waals surface area contributed by atoms with Crippen LogP contribution in [0.15, 0.2) is 42.6 Å². The molecule has 1 aromatic heterocycles. The van der Waals surface area contributed by atoms with Gasteiger partial charge in [-0.2, -0.15) is 0 Å². The first kappa shape index (κ1) is 16.2. The molecule has 0 spiro atoms. The maximum Gasteiger partial charge on any atom is 0.128 e. The minimum Gasteiger partial charge on any atom is -0.396 e. The Morgan fingerprint density at radius 3 is 2.65 bits per heavy atom. The van der Waals surface area contributed by atoms with Crippen LogP contribution in [0.2, 0.25) is 5.02 Å². The average Bonchev–Trinajstić information content (AvgIpc) is 2.58. The second-order valence-electron chi connectivity index (χ2n) is 6.32. The summed E-state index contributed by atoms with van der Waals surface area (Å²) in [6.45, 7) is 1.75. The van der Waals surface area contributed by atoms with Crippen molar-refractivity contribution in [3.63, 3.8) is 0 Å². The van der Waals surface area contributed by atoms with Crippen LogP contribution in [0.25, 0.3) is 0 Å². The van der Waals surface area contributed by atoms with Crippen molar-refractivity contribution in [1.29, 1.82) is 0 Å². The standard InChI is InChI=1S/C18H20ClFN2O/c19-15-4-7-17(21-11-15)22-9-1-8-18(12-22,13-23)10-14-2-5-16(20)6-3-14/h2-7,11,23H,1,8-10,12-13H2/t18-/m0/s1. The van der Waals surface area contributed by atoms with E-state index in [0.29, 0.717) is 5.02 Å². The van der Waals surface area contributed by atoms with Crippen molar-refractivity contribution < 1.29 is 9.50 Å². The van der Waals surface area contributed by atoms with Crippen LogP contribution in [-0.4, -0.2) is 29.8 Å². The van der Waals surface area contributed by atoms with Gasteiger partial charge in [-0.25, -0.2) is 9.37 Å². The summed E-state index contributed by atoms with van der Waals surface area (Å²) in [5.74, 6) is 0.647. The number of hydrogen-bond acceptors (Lipinski definition) is 3. The van der Waals surface area contributed by atoms with E-state index < -0.39 is 0 Å². The van der Waals surface area contributed by atoms with Gasteiger partial charge in [0.25, 0.3) is 0 Å². The van der Waals surface area contributed by atoms with Gasteiger partial charge >= 0.3 is 0 Å². The van der Waals surface area contributed by atoms with Gasteiger partial charge in [-0.1, -0.05) is 23.7 Å². The van der Waals surface area contributed by atoms with Gasteiger partial charge in [0.05, 0.1) is 11.6 Å². The first-order valence-corrected chi connectivity index (χ1v) is 8.20. The summed E-state index contributed by atoms with van der Waals surface area (Å²) in [6.07, 6.45) is 4.32. The third-order valence-electron chi connectivity index (χ3n) is 4.52. The van der Waals surface area contributed by atoms with Gasteiger partial charge in [0.15, 0.2) is 0 Å². The lowest BCUT2D eigenvalue weighted by atomic mass is 9.75. The molecule has 1 fully saturated rings. The Bertz CT molecular complexity index is 647. The lowest BCUT2D eigenvalue weighted by Gasteiger charge is -2.42. The number of halogens is 2. The lowest BCUT2D eigenvalue weighted by Crippen LogP contribution is -2.47. The molecule has 23 heavy (non-hydrogen) atoms. The molecule has 0 aliphatic carbocycles. The summed E-state index contributed by atoms with van der Waals surface area (Å²) in [4.78, 5) is 6.58. The van der Waals surface area contributed by atoms with E-state index in [4.69, 9.17) is 11.6 Å². The second kappa shape index (κ2) is 6.85. The molecule has 0 unspecified atom stereocenters. The Labute approximate surface area is 140 Å². The fourth-order valence-electron chi connectivity index (χ4n) is 3.32. The number of anilines is 1. The van der Waals surface area contributed by atoms with E-state index in [0.717, 1.165) is 43.7 Å². The van der Waals surface area contributed by atoms with Gasteiger partial charge in [-0.15, -0.1) is 0 Å². The predicted molar refractivity (Wildman–Crippen MR) is 90.3 cm³/mol. The number of piperidine rings is 1. The van der Waals surface area contributed by atoms with E-state index in [1.54, 1.807) is 18.3 Å². The van der Waals surface area contributed by atoms with Gasteiger partial charge in [-0.05, 0) is 49.1 Å². The van der Waals surface area contributed by atoms with Gasteiger partial charge < -0.3 is 10.0 Å². The lowest BCUT2D eigenvalue weighted by molar-refractivity contribution is 0.105. The van der Waals surface area contributed by atoms with Crippen molar-refractivity contribution in [3.8, 4) is 0 Å².